The Morgan fingerprint density at radius 3 is 2.67 bits per heavy atom. The highest BCUT2D eigenvalue weighted by atomic mass is 127. The van der Waals surface area contributed by atoms with Crippen molar-refractivity contribution in [3.63, 3.8) is 0 Å². The number of benzene rings is 1. The van der Waals surface area contributed by atoms with Crippen molar-refractivity contribution in [3.05, 3.63) is 26.8 Å². The molecule has 0 aliphatic carbocycles. The number of carboxylic acids is 1. The summed E-state index contributed by atoms with van der Waals surface area (Å²) in [6, 6.07) is 3.27. The summed E-state index contributed by atoms with van der Waals surface area (Å²) < 4.78 is 0.884. The van der Waals surface area contributed by atoms with Crippen molar-refractivity contribution in [3.8, 4) is 0 Å². The molecule has 0 fully saturated rings. The van der Waals surface area contributed by atoms with Crippen molar-refractivity contribution in [1.82, 2.24) is 0 Å². The number of nitrogens with two attached hydrogens (primary N) is 1. The molecule has 0 radical (unpaired) electrons. The first-order valence-corrected chi connectivity index (χ1v) is 4.39. The van der Waals surface area contributed by atoms with Crippen LogP contribution in [0.2, 0.25) is 0 Å². The van der Waals surface area contributed by atoms with E-state index in [-0.39, 0.29) is 5.56 Å². The fraction of sp³-hybridized carbons (Fsp3) is 0.125. The van der Waals surface area contributed by atoms with Gasteiger partial charge in [0, 0.05) is 9.26 Å². The lowest BCUT2D eigenvalue weighted by molar-refractivity contribution is 0.0696. The first-order valence-electron chi connectivity index (χ1n) is 3.32. The Labute approximate surface area is 83.7 Å². The average Bonchev–Trinajstić information content (AvgIpc) is 2.00. The summed E-state index contributed by atoms with van der Waals surface area (Å²) in [6.45, 7) is 1.71. The van der Waals surface area contributed by atoms with Crippen molar-refractivity contribution in [2.45, 2.75) is 6.92 Å². The third-order valence-corrected chi connectivity index (χ3v) is 2.63. The number of aromatic carboxylic acids is 1. The van der Waals surface area contributed by atoms with Crippen molar-refractivity contribution >= 4 is 34.2 Å². The predicted octanol–water partition coefficient (Wildman–Crippen LogP) is 1.88. The molecule has 0 heterocycles. The number of hydrogen-bond acceptors (Lipinski definition) is 2. The summed E-state index contributed by atoms with van der Waals surface area (Å²) in [5, 5.41) is 8.72. The van der Waals surface area contributed by atoms with Crippen LogP contribution in [0.4, 0.5) is 5.69 Å². The van der Waals surface area contributed by atoms with Gasteiger partial charge < -0.3 is 10.8 Å². The van der Waals surface area contributed by atoms with Crippen LogP contribution in [-0.2, 0) is 0 Å². The molecule has 0 saturated heterocycles. The zero-order valence-corrected chi connectivity index (χ0v) is 8.62. The van der Waals surface area contributed by atoms with E-state index in [1.807, 2.05) is 0 Å². The molecular formula is C8H8INO2. The van der Waals surface area contributed by atoms with Gasteiger partial charge in [-0.2, -0.15) is 0 Å². The fourth-order valence-corrected chi connectivity index (χ4v) is 1.51. The lowest BCUT2D eigenvalue weighted by atomic mass is 10.1. The molecule has 1 rings (SSSR count). The number of halogens is 1. The van der Waals surface area contributed by atoms with Gasteiger partial charge >= 0.3 is 5.97 Å². The molecular weight excluding hydrogens is 269 g/mol. The molecule has 1 aromatic rings. The van der Waals surface area contributed by atoms with Gasteiger partial charge in [0.05, 0.1) is 5.56 Å². The first kappa shape index (κ1) is 9.31. The maximum absolute atomic E-state index is 10.6. The SMILES string of the molecule is Cc1c(C(=O)O)ccc(I)c1N. The third kappa shape index (κ3) is 1.52. The van der Waals surface area contributed by atoms with E-state index in [9.17, 15) is 4.79 Å². The molecule has 0 aliphatic rings. The van der Waals surface area contributed by atoms with Crippen molar-refractivity contribution in [1.29, 1.82) is 0 Å². The topological polar surface area (TPSA) is 63.3 Å². The number of carboxylic acid groups (broad SMARTS) is 1. The molecule has 0 atom stereocenters. The summed E-state index contributed by atoms with van der Waals surface area (Å²) in [4.78, 5) is 10.6. The monoisotopic (exact) mass is 277 g/mol. The summed E-state index contributed by atoms with van der Waals surface area (Å²) in [6.07, 6.45) is 0. The minimum absolute atomic E-state index is 0.271. The van der Waals surface area contributed by atoms with Gasteiger partial charge in [-0.3, -0.25) is 0 Å². The van der Waals surface area contributed by atoms with Gasteiger partial charge in [-0.15, -0.1) is 0 Å². The Hall–Kier alpha value is -0.780. The van der Waals surface area contributed by atoms with Crippen molar-refractivity contribution < 1.29 is 9.90 Å². The van der Waals surface area contributed by atoms with E-state index in [0.717, 1.165) is 3.57 Å². The average molecular weight is 277 g/mol. The molecule has 64 valence electrons. The molecule has 0 aromatic heterocycles. The van der Waals surface area contributed by atoms with Crippen molar-refractivity contribution in [2.24, 2.45) is 0 Å². The Kier molecular flexibility index (Phi) is 2.56. The maximum Gasteiger partial charge on any atom is 0.336 e. The number of carbonyl (C=O) groups is 1. The fourth-order valence-electron chi connectivity index (χ4n) is 0.927. The predicted molar refractivity (Wildman–Crippen MR) is 55.3 cm³/mol. The van der Waals surface area contributed by atoms with Crippen LogP contribution >= 0.6 is 22.6 Å². The van der Waals surface area contributed by atoms with E-state index in [0.29, 0.717) is 11.3 Å². The normalized spacial score (nSPS) is 9.83. The van der Waals surface area contributed by atoms with Gasteiger partial charge in [-0.05, 0) is 47.2 Å². The molecule has 0 aliphatic heterocycles. The third-order valence-electron chi connectivity index (χ3n) is 1.69. The van der Waals surface area contributed by atoms with Gasteiger partial charge in [-0.1, -0.05) is 0 Å². The molecule has 0 amide bonds. The second kappa shape index (κ2) is 3.30. The molecule has 12 heavy (non-hydrogen) atoms. The Bertz CT molecular complexity index is 336. The summed E-state index contributed by atoms with van der Waals surface area (Å²) in [7, 11) is 0. The van der Waals surface area contributed by atoms with Crippen LogP contribution in [0.5, 0.6) is 0 Å². The summed E-state index contributed by atoms with van der Waals surface area (Å²) in [5.41, 5.74) is 7.11. The number of anilines is 1. The van der Waals surface area contributed by atoms with Crippen LogP contribution in [-0.4, -0.2) is 11.1 Å². The maximum atomic E-state index is 10.6. The Balaban J connectivity index is 3.36. The van der Waals surface area contributed by atoms with E-state index in [2.05, 4.69) is 22.6 Å². The largest absolute Gasteiger partial charge is 0.478 e. The van der Waals surface area contributed by atoms with E-state index in [1.54, 1.807) is 19.1 Å². The Morgan fingerprint density at radius 1 is 1.58 bits per heavy atom. The van der Waals surface area contributed by atoms with E-state index < -0.39 is 5.97 Å². The molecule has 0 spiro atoms. The molecule has 3 N–H and O–H groups in total. The smallest absolute Gasteiger partial charge is 0.336 e. The van der Waals surface area contributed by atoms with Gasteiger partial charge in [-0.25, -0.2) is 4.79 Å². The molecule has 0 unspecified atom stereocenters. The van der Waals surface area contributed by atoms with E-state index >= 15 is 0 Å². The molecule has 0 saturated carbocycles. The zero-order valence-electron chi connectivity index (χ0n) is 6.47. The molecule has 1 aromatic carbocycles. The standard InChI is InChI=1S/C8H8INO2/c1-4-5(8(11)12)2-3-6(9)7(4)10/h2-3H,10H2,1H3,(H,11,12). The van der Waals surface area contributed by atoms with Crippen molar-refractivity contribution in [2.75, 3.05) is 5.73 Å². The first-order chi connectivity index (χ1) is 5.54. The highest BCUT2D eigenvalue weighted by molar-refractivity contribution is 14.1. The summed E-state index contributed by atoms with van der Waals surface area (Å²) >= 11 is 2.07. The Morgan fingerprint density at radius 2 is 2.17 bits per heavy atom. The van der Waals surface area contributed by atoms with Crippen LogP contribution in [0, 0.1) is 10.5 Å². The number of rotatable bonds is 1. The highest BCUT2D eigenvalue weighted by Gasteiger charge is 2.10. The lowest BCUT2D eigenvalue weighted by Gasteiger charge is -2.05. The minimum Gasteiger partial charge on any atom is -0.478 e. The van der Waals surface area contributed by atoms with Gasteiger partial charge in [0.2, 0.25) is 0 Å². The second-order valence-electron chi connectivity index (χ2n) is 2.44. The van der Waals surface area contributed by atoms with Gasteiger partial charge in [0.1, 0.15) is 0 Å². The molecule has 0 bridgehead atoms. The van der Waals surface area contributed by atoms with Gasteiger partial charge in [0.25, 0.3) is 0 Å². The van der Waals surface area contributed by atoms with Crippen LogP contribution in [0.15, 0.2) is 12.1 Å². The summed E-state index contributed by atoms with van der Waals surface area (Å²) in [5.74, 6) is -0.935. The van der Waals surface area contributed by atoms with Crippen LogP contribution in [0.1, 0.15) is 15.9 Å². The minimum atomic E-state index is -0.935. The highest BCUT2D eigenvalue weighted by Crippen LogP contribution is 2.22. The zero-order chi connectivity index (χ0) is 9.30. The second-order valence-corrected chi connectivity index (χ2v) is 3.60. The van der Waals surface area contributed by atoms with Gasteiger partial charge in [0.15, 0.2) is 0 Å². The van der Waals surface area contributed by atoms with Crippen LogP contribution in [0.3, 0.4) is 0 Å². The van der Waals surface area contributed by atoms with Crippen LogP contribution in [0.25, 0.3) is 0 Å². The molecule has 4 heteroatoms. The number of nitrogen functional groups attached to an aromatic ring is 1. The lowest BCUT2D eigenvalue weighted by Crippen LogP contribution is -2.03. The van der Waals surface area contributed by atoms with E-state index in [4.69, 9.17) is 10.8 Å². The van der Waals surface area contributed by atoms with Crippen LogP contribution < -0.4 is 5.73 Å². The van der Waals surface area contributed by atoms with E-state index in [1.165, 1.54) is 0 Å². The number of hydrogen-bond donors (Lipinski definition) is 2. The quantitative estimate of drug-likeness (QED) is 0.608. The molecule has 3 nitrogen and oxygen atoms in total.